The van der Waals surface area contributed by atoms with Gasteiger partial charge in [-0.25, -0.2) is 4.98 Å². The lowest BCUT2D eigenvalue weighted by atomic mass is 10.1. The summed E-state index contributed by atoms with van der Waals surface area (Å²) in [7, 11) is 1.43. The number of nitro groups is 1. The minimum absolute atomic E-state index is 0.139. The van der Waals surface area contributed by atoms with E-state index in [4.69, 9.17) is 16.3 Å². The minimum Gasteiger partial charge on any atom is -0.503 e. The predicted octanol–water partition coefficient (Wildman–Crippen LogP) is 3.62. The molecule has 4 rings (SSSR count). The second kappa shape index (κ2) is 6.65. The molecular weight excluding hydrogens is 386 g/mol. The second-order valence-electron chi connectivity index (χ2n) is 6.32. The van der Waals surface area contributed by atoms with Crippen LogP contribution in [-0.2, 0) is 6.54 Å². The lowest BCUT2D eigenvalue weighted by Gasteiger charge is -2.08. The Morgan fingerprint density at radius 1 is 1.36 bits per heavy atom. The fraction of sp³-hybridized carbons (Fsp3) is 0.158. The lowest BCUT2D eigenvalue weighted by molar-refractivity contribution is -0.384. The van der Waals surface area contributed by atoms with Gasteiger partial charge in [0.15, 0.2) is 11.5 Å². The van der Waals surface area contributed by atoms with Crippen molar-refractivity contribution >= 4 is 39.8 Å². The van der Waals surface area contributed by atoms with E-state index in [9.17, 15) is 20.0 Å². The number of nitrogens with zero attached hydrogens (tertiary/aromatic N) is 3. The Morgan fingerprint density at radius 3 is 2.86 bits per heavy atom. The normalized spacial score (nSPS) is 14.4. The number of rotatable bonds is 3. The Hall–Kier alpha value is -3.39. The quantitative estimate of drug-likeness (QED) is 0.532. The molecule has 1 aliphatic rings. The molecule has 0 bridgehead atoms. The van der Waals surface area contributed by atoms with Gasteiger partial charge in [-0.3, -0.25) is 19.5 Å². The Labute approximate surface area is 163 Å². The van der Waals surface area contributed by atoms with Gasteiger partial charge in [0, 0.05) is 18.7 Å². The molecule has 142 valence electrons. The number of aromatic hydroxyl groups is 1. The number of aromatic nitrogens is 2. The molecule has 0 saturated heterocycles. The zero-order valence-electron chi connectivity index (χ0n) is 14.7. The summed E-state index contributed by atoms with van der Waals surface area (Å²) in [6, 6.07) is 7.29. The number of non-ortho nitro benzene ring substituents is 1. The van der Waals surface area contributed by atoms with Crippen molar-refractivity contribution in [2.75, 3.05) is 7.11 Å². The Bertz CT molecular complexity index is 1230. The van der Waals surface area contributed by atoms with Gasteiger partial charge in [-0.15, -0.1) is 0 Å². The molecule has 0 aliphatic carbocycles. The molecule has 28 heavy (non-hydrogen) atoms. The zero-order chi connectivity index (χ0) is 20.0. The molecule has 0 spiro atoms. The van der Waals surface area contributed by atoms with E-state index in [1.807, 2.05) is 6.08 Å². The molecule has 1 aliphatic heterocycles. The van der Waals surface area contributed by atoms with Crippen molar-refractivity contribution in [3.63, 3.8) is 0 Å². The van der Waals surface area contributed by atoms with E-state index in [0.29, 0.717) is 29.9 Å². The molecule has 3 aromatic rings. The van der Waals surface area contributed by atoms with E-state index in [0.717, 1.165) is 5.57 Å². The molecule has 2 aromatic carbocycles. The highest BCUT2D eigenvalue weighted by atomic mass is 35.5. The van der Waals surface area contributed by atoms with Crippen molar-refractivity contribution in [3.8, 4) is 11.5 Å². The minimum atomic E-state index is -0.538. The first-order chi connectivity index (χ1) is 13.4. The highest BCUT2D eigenvalue weighted by Gasteiger charge is 2.22. The molecule has 0 unspecified atom stereocenters. The molecule has 1 N–H and O–H groups in total. The number of methoxy groups -OCH3 is 1. The zero-order valence-corrected chi connectivity index (χ0v) is 15.4. The van der Waals surface area contributed by atoms with Crippen LogP contribution in [0.4, 0.5) is 5.69 Å². The standard InChI is InChI=1S/C19H14ClN3O5/c1-28-16-8-10(7-14(20)17(16)24)6-11-4-5-22-18(11)21-15-3-2-12(23(26)27)9-13(15)19(22)25/h2-3,6-9,24H,4-5H2,1H3. The number of fused-ring (bicyclic) bond motifs is 2. The van der Waals surface area contributed by atoms with Crippen LogP contribution in [0, 0.1) is 10.1 Å². The van der Waals surface area contributed by atoms with Crippen molar-refractivity contribution in [2.24, 2.45) is 0 Å². The van der Waals surface area contributed by atoms with Crippen molar-refractivity contribution in [2.45, 2.75) is 13.0 Å². The van der Waals surface area contributed by atoms with E-state index in [1.165, 1.54) is 29.9 Å². The molecule has 0 atom stereocenters. The van der Waals surface area contributed by atoms with Gasteiger partial charge >= 0.3 is 0 Å². The average molecular weight is 400 g/mol. The van der Waals surface area contributed by atoms with Crippen LogP contribution in [0.15, 0.2) is 35.1 Å². The van der Waals surface area contributed by atoms with Crippen molar-refractivity contribution in [1.82, 2.24) is 9.55 Å². The van der Waals surface area contributed by atoms with Gasteiger partial charge in [-0.2, -0.15) is 0 Å². The number of phenolic OH excluding ortho intramolecular Hbond substituents is 1. The smallest absolute Gasteiger partial charge is 0.270 e. The lowest BCUT2D eigenvalue weighted by Crippen LogP contribution is -2.20. The van der Waals surface area contributed by atoms with Crippen LogP contribution in [0.1, 0.15) is 17.8 Å². The van der Waals surface area contributed by atoms with E-state index < -0.39 is 4.92 Å². The van der Waals surface area contributed by atoms with Gasteiger partial charge < -0.3 is 9.84 Å². The number of hydrogen-bond acceptors (Lipinski definition) is 6. The van der Waals surface area contributed by atoms with Gasteiger partial charge in [-0.1, -0.05) is 11.6 Å². The summed E-state index contributed by atoms with van der Waals surface area (Å²) < 4.78 is 6.63. The number of ether oxygens (including phenoxy) is 1. The maximum atomic E-state index is 12.8. The molecule has 0 saturated carbocycles. The predicted molar refractivity (Wildman–Crippen MR) is 105 cm³/mol. The summed E-state index contributed by atoms with van der Waals surface area (Å²) in [6.07, 6.45) is 2.40. The number of hydrogen-bond donors (Lipinski definition) is 1. The van der Waals surface area contributed by atoms with Crippen LogP contribution in [0.3, 0.4) is 0 Å². The SMILES string of the molecule is COc1cc(C=C2CCn3c2nc2ccc([N+](=O)[O-])cc2c3=O)cc(Cl)c1O. The fourth-order valence-electron chi connectivity index (χ4n) is 3.29. The number of phenols is 1. The molecule has 0 amide bonds. The third kappa shape index (κ3) is 2.87. The highest BCUT2D eigenvalue weighted by Crippen LogP contribution is 2.37. The number of allylic oxidation sites excluding steroid dienone is 1. The third-order valence-corrected chi connectivity index (χ3v) is 4.94. The van der Waals surface area contributed by atoms with Crippen molar-refractivity contribution in [3.05, 3.63) is 67.2 Å². The van der Waals surface area contributed by atoms with Crippen LogP contribution in [0.5, 0.6) is 11.5 Å². The molecule has 0 fully saturated rings. The summed E-state index contributed by atoms with van der Waals surface area (Å²) in [5.41, 5.74) is 1.46. The summed E-state index contributed by atoms with van der Waals surface area (Å²) in [6.45, 7) is 0.425. The van der Waals surface area contributed by atoms with Crippen LogP contribution in [-0.4, -0.2) is 26.7 Å². The molecule has 0 radical (unpaired) electrons. The first-order valence-electron chi connectivity index (χ1n) is 8.35. The largest absolute Gasteiger partial charge is 0.503 e. The summed E-state index contributed by atoms with van der Waals surface area (Å²) in [5, 5.41) is 21.2. The van der Waals surface area contributed by atoms with E-state index in [1.54, 1.807) is 12.1 Å². The van der Waals surface area contributed by atoms with Crippen LogP contribution < -0.4 is 10.3 Å². The van der Waals surface area contributed by atoms with Crippen LogP contribution in [0.25, 0.3) is 22.6 Å². The maximum absolute atomic E-state index is 12.8. The highest BCUT2D eigenvalue weighted by molar-refractivity contribution is 6.32. The molecule has 9 heteroatoms. The van der Waals surface area contributed by atoms with E-state index in [2.05, 4.69) is 4.98 Å². The van der Waals surface area contributed by atoms with Gasteiger partial charge in [0.1, 0.15) is 5.82 Å². The molecular formula is C19H14ClN3O5. The van der Waals surface area contributed by atoms with Gasteiger partial charge in [0.2, 0.25) is 0 Å². The summed E-state index contributed by atoms with van der Waals surface area (Å²) >= 11 is 6.04. The Kier molecular flexibility index (Phi) is 4.27. The molecule has 1 aromatic heterocycles. The van der Waals surface area contributed by atoms with Crippen LogP contribution in [0.2, 0.25) is 5.02 Å². The first kappa shape index (κ1) is 18.0. The van der Waals surface area contributed by atoms with Crippen LogP contribution >= 0.6 is 11.6 Å². The number of halogens is 1. The van der Waals surface area contributed by atoms with Gasteiger partial charge in [0.25, 0.3) is 11.2 Å². The van der Waals surface area contributed by atoms with Crippen molar-refractivity contribution in [1.29, 1.82) is 0 Å². The Balaban J connectivity index is 1.86. The fourth-order valence-corrected chi connectivity index (χ4v) is 3.51. The van der Waals surface area contributed by atoms with Crippen molar-refractivity contribution < 1.29 is 14.8 Å². The van der Waals surface area contributed by atoms with E-state index in [-0.39, 0.29) is 33.2 Å². The second-order valence-corrected chi connectivity index (χ2v) is 6.73. The summed E-state index contributed by atoms with van der Waals surface area (Å²) in [4.78, 5) is 27.8. The Morgan fingerprint density at radius 2 is 2.14 bits per heavy atom. The number of benzene rings is 2. The third-order valence-electron chi connectivity index (χ3n) is 4.65. The average Bonchev–Trinajstić information content (AvgIpc) is 3.07. The first-order valence-corrected chi connectivity index (χ1v) is 8.73. The topological polar surface area (TPSA) is 107 Å². The molecule has 8 nitrogen and oxygen atoms in total. The maximum Gasteiger partial charge on any atom is 0.270 e. The summed E-state index contributed by atoms with van der Waals surface area (Å²) in [5.74, 6) is 0.614. The van der Waals surface area contributed by atoms with E-state index >= 15 is 0 Å². The molecule has 2 heterocycles. The number of nitro benzene ring substituents is 1. The van der Waals surface area contributed by atoms with Gasteiger partial charge in [0.05, 0.1) is 28.0 Å². The monoisotopic (exact) mass is 399 g/mol. The van der Waals surface area contributed by atoms with Gasteiger partial charge in [-0.05, 0) is 41.8 Å².